The predicted molar refractivity (Wildman–Crippen MR) is 94.6 cm³/mol. The van der Waals surface area contributed by atoms with Crippen LogP contribution in [0.2, 0.25) is 0 Å². The maximum absolute atomic E-state index is 12.9. The molecule has 0 radical (unpaired) electrons. The zero-order valence-electron chi connectivity index (χ0n) is 14.5. The largest absolute Gasteiger partial charge is 0.207 e. The van der Waals surface area contributed by atoms with Crippen LogP contribution < -0.4 is 0 Å². The average molecular weight is 300 g/mol. The first-order valence-corrected chi connectivity index (χ1v) is 8.20. The molecule has 22 heavy (non-hydrogen) atoms. The van der Waals surface area contributed by atoms with Crippen molar-refractivity contribution in [1.82, 2.24) is 0 Å². The average Bonchev–Trinajstić information content (AvgIpc) is 2.50. The topological polar surface area (TPSA) is 0 Å². The fourth-order valence-electron chi connectivity index (χ4n) is 2.25. The molecule has 2 aromatic rings. The molecule has 0 saturated heterocycles. The van der Waals surface area contributed by atoms with E-state index in [1.54, 1.807) is 6.07 Å². The van der Waals surface area contributed by atoms with Crippen molar-refractivity contribution in [1.29, 1.82) is 0 Å². The van der Waals surface area contributed by atoms with Crippen LogP contribution in [0.25, 0.3) is 0 Å². The summed E-state index contributed by atoms with van der Waals surface area (Å²) in [6.45, 7) is 11.0. The smallest absolute Gasteiger partial charge is 0.126 e. The molecule has 0 bridgehead atoms. The van der Waals surface area contributed by atoms with Gasteiger partial charge < -0.3 is 0 Å². The third-order valence-electron chi connectivity index (χ3n) is 3.91. The maximum atomic E-state index is 12.9. The van der Waals surface area contributed by atoms with Gasteiger partial charge in [-0.2, -0.15) is 0 Å². The third kappa shape index (κ3) is 6.43. The summed E-state index contributed by atoms with van der Waals surface area (Å²) in [6.07, 6.45) is 0.826. The predicted octanol–water partition coefficient (Wildman–Crippen LogP) is 6.47. The Kier molecular flexibility index (Phi) is 7.87. The molecule has 0 spiro atoms. The highest BCUT2D eigenvalue weighted by Crippen LogP contribution is 2.22. The van der Waals surface area contributed by atoms with Crippen LogP contribution >= 0.6 is 0 Å². The number of halogens is 1. The number of rotatable bonds is 4. The second-order valence-corrected chi connectivity index (χ2v) is 6.63. The van der Waals surface area contributed by atoms with Gasteiger partial charge in [0.2, 0.25) is 0 Å². The molecule has 0 aromatic heterocycles. The highest BCUT2D eigenvalue weighted by atomic mass is 19.1. The monoisotopic (exact) mass is 300 g/mol. The van der Waals surface area contributed by atoms with Crippen LogP contribution in [0.5, 0.6) is 0 Å². The summed E-state index contributed by atoms with van der Waals surface area (Å²) >= 11 is 0. The lowest BCUT2D eigenvalue weighted by Crippen LogP contribution is -2.00. The molecule has 2 rings (SSSR count). The van der Waals surface area contributed by atoms with Crippen molar-refractivity contribution in [2.75, 3.05) is 0 Å². The maximum Gasteiger partial charge on any atom is 0.126 e. The lowest BCUT2D eigenvalue weighted by molar-refractivity contribution is 0.535. The van der Waals surface area contributed by atoms with Gasteiger partial charge in [-0.15, -0.1) is 0 Å². The Morgan fingerprint density at radius 2 is 1.32 bits per heavy atom. The van der Waals surface area contributed by atoms with Crippen molar-refractivity contribution in [3.63, 3.8) is 0 Å². The Bertz CT molecular complexity index is 529. The lowest BCUT2D eigenvalue weighted by atomic mass is 9.91. The van der Waals surface area contributed by atoms with Gasteiger partial charge in [0.05, 0.1) is 0 Å². The Labute approximate surface area is 135 Å². The van der Waals surface area contributed by atoms with Crippen LogP contribution in [0.4, 0.5) is 4.39 Å². The molecule has 0 aliphatic rings. The van der Waals surface area contributed by atoms with Crippen LogP contribution in [-0.2, 0) is 6.42 Å². The van der Waals surface area contributed by atoms with E-state index in [-0.39, 0.29) is 5.82 Å². The van der Waals surface area contributed by atoms with E-state index in [2.05, 4.69) is 65.0 Å². The van der Waals surface area contributed by atoms with Gasteiger partial charge in [-0.1, -0.05) is 83.1 Å². The molecular formula is C21H29F. The summed E-state index contributed by atoms with van der Waals surface area (Å²) < 4.78 is 12.9. The van der Waals surface area contributed by atoms with Crippen molar-refractivity contribution >= 4 is 0 Å². The lowest BCUT2D eigenvalue weighted by Gasteiger charge is -2.15. The van der Waals surface area contributed by atoms with E-state index >= 15 is 0 Å². The van der Waals surface area contributed by atoms with Gasteiger partial charge in [0.25, 0.3) is 0 Å². The van der Waals surface area contributed by atoms with Crippen molar-refractivity contribution < 1.29 is 4.39 Å². The molecule has 0 aliphatic carbocycles. The molecule has 2 aromatic carbocycles. The van der Waals surface area contributed by atoms with Crippen molar-refractivity contribution in [3.8, 4) is 0 Å². The van der Waals surface area contributed by atoms with Gasteiger partial charge in [0.15, 0.2) is 0 Å². The van der Waals surface area contributed by atoms with E-state index in [0.29, 0.717) is 11.8 Å². The summed E-state index contributed by atoms with van der Waals surface area (Å²) in [4.78, 5) is 0. The highest BCUT2D eigenvalue weighted by Gasteiger charge is 2.07. The molecule has 0 aliphatic heterocycles. The van der Waals surface area contributed by atoms with Crippen LogP contribution in [0.3, 0.4) is 0 Å². The minimum atomic E-state index is -0.0822. The first kappa shape index (κ1) is 18.4. The van der Waals surface area contributed by atoms with Crippen LogP contribution in [0, 0.1) is 17.7 Å². The fourth-order valence-corrected chi connectivity index (χ4v) is 2.25. The first-order chi connectivity index (χ1) is 10.4. The summed E-state index contributed by atoms with van der Waals surface area (Å²) in [5.74, 6) is 1.85. The standard InChI is InChI=1S/C11H16.C10H13F/c1-9(2)10(3)11-7-5-4-6-8-11;1-8(2)7-9-5-3-4-6-10(9)11/h4-10H,1-3H3;3-6,8H,7H2,1-2H3. The summed E-state index contributed by atoms with van der Waals surface area (Å²) in [7, 11) is 0. The van der Waals surface area contributed by atoms with E-state index < -0.39 is 0 Å². The Morgan fingerprint density at radius 3 is 1.82 bits per heavy atom. The SMILES string of the molecule is CC(C)C(C)c1ccccc1.CC(C)Cc1ccccc1F. The Hall–Kier alpha value is -1.63. The molecule has 1 atom stereocenters. The fraction of sp³-hybridized carbons (Fsp3) is 0.429. The van der Waals surface area contributed by atoms with Crippen molar-refractivity contribution in [3.05, 3.63) is 71.5 Å². The highest BCUT2D eigenvalue weighted by molar-refractivity contribution is 5.19. The van der Waals surface area contributed by atoms with Crippen LogP contribution in [0.1, 0.15) is 51.7 Å². The molecule has 1 heteroatoms. The summed E-state index contributed by atoms with van der Waals surface area (Å²) in [5.41, 5.74) is 2.27. The van der Waals surface area contributed by atoms with Gasteiger partial charge in [-0.3, -0.25) is 0 Å². The van der Waals surface area contributed by atoms with Crippen LogP contribution in [0.15, 0.2) is 54.6 Å². The van der Waals surface area contributed by atoms with Crippen molar-refractivity contribution in [2.24, 2.45) is 11.8 Å². The van der Waals surface area contributed by atoms with E-state index in [1.807, 2.05) is 12.1 Å². The molecule has 0 amide bonds. The van der Waals surface area contributed by atoms with Gasteiger partial charge in [-0.05, 0) is 41.4 Å². The first-order valence-electron chi connectivity index (χ1n) is 8.20. The number of hydrogen-bond acceptors (Lipinski definition) is 0. The quantitative estimate of drug-likeness (QED) is 0.607. The number of benzene rings is 2. The second kappa shape index (κ2) is 9.40. The third-order valence-corrected chi connectivity index (χ3v) is 3.91. The van der Waals surface area contributed by atoms with Crippen LogP contribution in [-0.4, -0.2) is 0 Å². The molecule has 0 nitrogen and oxygen atoms in total. The molecular weight excluding hydrogens is 271 g/mol. The van der Waals surface area contributed by atoms with Gasteiger partial charge in [0.1, 0.15) is 5.82 Å². The van der Waals surface area contributed by atoms with Gasteiger partial charge >= 0.3 is 0 Å². The zero-order chi connectivity index (χ0) is 16.5. The molecule has 1 unspecified atom stereocenters. The number of hydrogen-bond donors (Lipinski definition) is 0. The minimum Gasteiger partial charge on any atom is -0.207 e. The molecule has 120 valence electrons. The Morgan fingerprint density at radius 1 is 0.773 bits per heavy atom. The normalized spacial score (nSPS) is 12.0. The summed E-state index contributed by atoms with van der Waals surface area (Å²) in [6, 6.07) is 17.6. The molecule has 0 fully saturated rings. The second-order valence-electron chi connectivity index (χ2n) is 6.63. The van der Waals surface area contributed by atoms with E-state index in [4.69, 9.17) is 0 Å². The van der Waals surface area contributed by atoms with E-state index in [0.717, 1.165) is 17.9 Å². The molecule has 0 N–H and O–H groups in total. The van der Waals surface area contributed by atoms with E-state index in [9.17, 15) is 4.39 Å². The zero-order valence-corrected chi connectivity index (χ0v) is 14.5. The minimum absolute atomic E-state index is 0.0822. The van der Waals surface area contributed by atoms with E-state index in [1.165, 1.54) is 11.6 Å². The molecule has 0 heterocycles. The van der Waals surface area contributed by atoms with Gasteiger partial charge in [0, 0.05) is 0 Å². The van der Waals surface area contributed by atoms with Crippen molar-refractivity contribution in [2.45, 2.75) is 47.0 Å². The Balaban J connectivity index is 0.000000220. The molecule has 0 saturated carbocycles. The summed E-state index contributed by atoms with van der Waals surface area (Å²) in [5, 5.41) is 0. The van der Waals surface area contributed by atoms with Gasteiger partial charge in [-0.25, -0.2) is 4.39 Å².